The number of aliphatic hydroxyl groups excluding tert-OH is 1. The molecular weight excluding hydrogens is 250 g/mol. The fourth-order valence-electron chi connectivity index (χ4n) is 2.12. The van der Waals surface area contributed by atoms with Crippen LogP contribution in [0.25, 0.3) is 0 Å². The highest BCUT2D eigenvalue weighted by molar-refractivity contribution is 7.89. The molecule has 0 aliphatic heterocycles. The zero-order valence-corrected chi connectivity index (χ0v) is 11.3. The fraction of sp³-hybridized carbons (Fsp3) is 0.538. The molecule has 1 fully saturated rings. The standard InChI is InChI=1S/C13H19NO3S/c1-13(6-3-7-13)10-14-18(16,17)12-5-2-4-11(8-12)9-15/h2,4-5,8,14-15H,3,6-7,9-10H2,1H3. The lowest BCUT2D eigenvalue weighted by Crippen LogP contribution is -2.39. The Bertz CT molecular complexity index is 521. The van der Waals surface area contributed by atoms with Crippen LogP contribution < -0.4 is 4.72 Å². The van der Waals surface area contributed by atoms with Gasteiger partial charge >= 0.3 is 0 Å². The predicted molar refractivity (Wildman–Crippen MR) is 69.5 cm³/mol. The molecule has 0 atom stereocenters. The topological polar surface area (TPSA) is 66.4 Å². The van der Waals surface area contributed by atoms with Crippen LogP contribution in [0.15, 0.2) is 29.2 Å². The molecule has 0 unspecified atom stereocenters. The van der Waals surface area contributed by atoms with Crippen molar-refractivity contribution in [3.8, 4) is 0 Å². The van der Waals surface area contributed by atoms with Crippen molar-refractivity contribution in [3.63, 3.8) is 0 Å². The summed E-state index contributed by atoms with van der Waals surface area (Å²) < 4.78 is 26.8. The molecule has 2 rings (SSSR count). The Hall–Kier alpha value is -0.910. The first kappa shape index (κ1) is 13.5. The molecule has 18 heavy (non-hydrogen) atoms. The molecule has 1 aromatic rings. The van der Waals surface area contributed by atoms with Crippen LogP contribution in [0.4, 0.5) is 0 Å². The Morgan fingerprint density at radius 3 is 2.67 bits per heavy atom. The molecule has 2 N–H and O–H groups in total. The summed E-state index contributed by atoms with van der Waals surface area (Å²) in [6, 6.07) is 6.40. The minimum atomic E-state index is -3.46. The number of nitrogens with one attached hydrogen (secondary N) is 1. The van der Waals surface area contributed by atoms with Crippen LogP contribution >= 0.6 is 0 Å². The molecule has 0 saturated heterocycles. The van der Waals surface area contributed by atoms with Crippen molar-refractivity contribution in [2.24, 2.45) is 5.41 Å². The number of benzene rings is 1. The number of aliphatic hydroxyl groups is 1. The van der Waals surface area contributed by atoms with Gasteiger partial charge in [-0.05, 0) is 36.0 Å². The fourth-order valence-corrected chi connectivity index (χ4v) is 3.39. The highest BCUT2D eigenvalue weighted by atomic mass is 32.2. The van der Waals surface area contributed by atoms with Gasteiger partial charge < -0.3 is 5.11 Å². The van der Waals surface area contributed by atoms with Crippen LogP contribution in [0.1, 0.15) is 31.7 Å². The predicted octanol–water partition coefficient (Wildman–Crippen LogP) is 1.65. The van der Waals surface area contributed by atoms with Gasteiger partial charge in [-0.25, -0.2) is 13.1 Å². The molecule has 5 heteroatoms. The Morgan fingerprint density at radius 1 is 1.39 bits per heavy atom. The van der Waals surface area contributed by atoms with E-state index in [-0.39, 0.29) is 16.9 Å². The van der Waals surface area contributed by atoms with Gasteiger partial charge in [0.2, 0.25) is 10.0 Å². The molecular formula is C13H19NO3S. The maximum Gasteiger partial charge on any atom is 0.240 e. The quantitative estimate of drug-likeness (QED) is 0.854. The van der Waals surface area contributed by atoms with Crippen LogP contribution in [0.2, 0.25) is 0 Å². The van der Waals surface area contributed by atoms with E-state index in [1.165, 1.54) is 12.5 Å². The Labute approximate surface area is 108 Å². The van der Waals surface area contributed by atoms with Crippen LogP contribution in [0.3, 0.4) is 0 Å². The summed E-state index contributed by atoms with van der Waals surface area (Å²) in [5.74, 6) is 0. The van der Waals surface area contributed by atoms with Crippen LogP contribution in [0, 0.1) is 5.41 Å². The van der Waals surface area contributed by atoms with Gasteiger partial charge in [-0.1, -0.05) is 25.5 Å². The van der Waals surface area contributed by atoms with Gasteiger partial charge in [-0.15, -0.1) is 0 Å². The first-order valence-corrected chi connectivity index (χ1v) is 7.63. The number of rotatable bonds is 5. The largest absolute Gasteiger partial charge is 0.392 e. The van der Waals surface area contributed by atoms with Crippen LogP contribution in [-0.2, 0) is 16.6 Å². The minimum Gasteiger partial charge on any atom is -0.392 e. The zero-order valence-electron chi connectivity index (χ0n) is 10.5. The summed E-state index contributed by atoms with van der Waals surface area (Å²) >= 11 is 0. The second-order valence-electron chi connectivity index (χ2n) is 5.29. The van der Waals surface area contributed by atoms with Crippen molar-refractivity contribution < 1.29 is 13.5 Å². The molecule has 0 spiro atoms. The van der Waals surface area contributed by atoms with E-state index >= 15 is 0 Å². The zero-order chi connectivity index (χ0) is 13.2. The van der Waals surface area contributed by atoms with E-state index in [1.807, 2.05) is 0 Å². The van der Waals surface area contributed by atoms with E-state index in [0.29, 0.717) is 12.1 Å². The molecule has 1 saturated carbocycles. The SMILES string of the molecule is CC1(CNS(=O)(=O)c2cccc(CO)c2)CCC1. The van der Waals surface area contributed by atoms with Crippen molar-refractivity contribution in [2.75, 3.05) is 6.54 Å². The average Bonchev–Trinajstić information content (AvgIpc) is 2.34. The van der Waals surface area contributed by atoms with Gasteiger partial charge in [0.05, 0.1) is 11.5 Å². The summed E-state index contributed by atoms with van der Waals surface area (Å²) in [6.07, 6.45) is 3.33. The second kappa shape index (κ2) is 4.99. The molecule has 0 heterocycles. The molecule has 0 radical (unpaired) electrons. The Kier molecular flexibility index (Phi) is 3.75. The summed E-state index contributed by atoms with van der Waals surface area (Å²) in [6.45, 7) is 2.43. The van der Waals surface area contributed by atoms with Gasteiger partial charge in [0.25, 0.3) is 0 Å². The molecule has 1 aliphatic rings. The molecule has 1 aromatic carbocycles. The lowest BCUT2D eigenvalue weighted by atomic mass is 9.71. The second-order valence-corrected chi connectivity index (χ2v) is 7.06. The molecule has 1 aliphatic carbocycles. The monoisotopic (exact) mass is 269 g/mol. The van der Waals surface area contributed by atoms with Gasteiger partial charge in [-0.3, -0.25) is 0 Å². The van der Waals surface area contributed by atoms with Crippen molar-refractivity contribution >= 4 is 10.0 Å². The lowest BCUT2D eigenvalue weighted by molar-refractivity contribution is 0.166. The Balaban J connectivity index is 2.09. The number of sulfonamides is 1. The third-order valence-corrected chi connectivity index (χ3v) is 5.04. The van der Waals surface area contributed by atoms with Crippen molar-refractivity contribution in [2.45, 2.75) is 37.7 Å². The van der Waals surface area contributed by atoms with Crippen molar-refractivity contribution in [1.82, 2.24) is 4.72 Å². The molecule has 0 amide bonds. The van der Waals surface area contributed by atoms with Crippen LogP contribution in [0.5, 0.6) is 0 Å². The van der Waals surface area contributed by atoms with Crippen molar-refractivity contribution in [3.05, 3.63) is 29.8 Å². The molecule has 0 aromatic heterocycles. The van der Waals surface area contributed by atoms with Crippen LogP contribution in [-0.4, -0.2) is 20.1 Å². The van der Waals surface area contributed by atoms with Crippen molar-refractivity contribution in [1.29, 1.82) is 0 Å². The van der Waals surface area contributed by atoms with E-state index < -0.39 is 10.0 Å². The summed E-state index contributed by atoms with van der Waals surface area (Å²) in [7, 11) is -3.46. The molecule has 0 bridgehead atoms. The highest BCUT2D eigenvalue weighted by Crippen LogP contribution is 2.39. The summed E-state index contributed by atoms with van der Waals surface area (Å²) in [5.41, 5.74) is 0.717. The number of hydrogen-bond donors (Lipinski definition) is 2. The van der Waals surface area contributed by atoms with E-state index in [2.05, 4.69) is 11.6 Å². The summed E-state index contributed by atoms with van der Waals surface area (Å²) in [4.78, 5) is 0.219. The number of hydrogen-bond acceptors (Lipinski definition) is 3. The van der Waals surface area contributed by atoms with Gasteiger partial charge in [0.1, 0.15) is 0 Å². The molecule has 4 nitrogen and oxygen atoms in total. The first-order chi connectivity index (χ1) is 8.45. The third-order valence-electron chi connectivity index (χ3n) is 3.64. The Morgan fingerprint density at radius 2 is 2.11 bits per heavy atom. The highest BCUT2D eigenvalue weighted by Gasteiger charge is 2.32. The van der Waals surface area contributed by atoms with E-state index in [9.17, 15) is 8.42 Å². The lowest BCUT2D eigenvalue weighted by Gasteiger charge is -2.38. The summed E-state index contributed by atoms with van der Waals surface area (Å²) in [5, 5.41) is 9.02. The normalized spacial score (nSPS) is 18.3. The third kappa shape index (κ3) is 2.91. The maximum absolute atomic E-state index is 12.1. The van der Waals surface area contributed by atoms with Gasteiger partial charge in [0, 0.05) is 6.54 Å². The smallest absolute Gasteiger partial charge is 0.240 e. The van der Waals surface area contributed by atoms with E-state index in [4.69, 9.17) is 5.11 Å². The molecule has 100 valence electrons. The van der Waals surface area contributed by atoms with Gasteiger partial charge in [-0.2, -0.15) is 0 Å². The maximum atomic E-state index is 12.1. The van der Waals surface area contributed by atoms with E-state index in [0.717, 1.165) is 12.8 Å². The van der Waals surface area contributed by atoms with Gasteiger partial charge in [0.15, 0.2) is 0 Å². The van der Waals surface area contributed by atoms with E-state index in [1.54, 1.807) is 18.2 Å². The minimum absolute atomic E-state index is 0.113. The average molecular weight is 269 g/mol. The first-order valence-electron chi connectivity index (χ1n) is 6.15.